The van der Waals surface area contributed by atoms with Gasteiger partial charge in [0.25, 0.3) is 0 Å². The van der Waals surface area contributed by atoms with Crippen molar-refractivity contribution in [2.24, 2.45) is 0 Å². The molecule has 4 heteroatoms. The second-order valence-electron chi connectivity index (χ2n) is 3.93. The fourth-order valence-corrected chi connectivity index (χ4v) is 1.99. The monoisotopic (exact) mass is 263 g/mol. The maximum absolute atomic E-state index is 12.2. The van der Waals surface area contributed by atoms with Crippen LogP contribution in [-0.4, -0.2) is 17.9 Å². The van der Waals surface area contributed by atoms with Gasteiger partial charge in [-0.25, -0.2) is 0 Å². The lowest BCUT2D eigenvalue weighted by Crippen LogP contribution is -2.03. The SMILES string of the molecule is CCc1ccc(C(=O)c2ccc(OC)cc2Cl)[nH]1. The molecule has 94 valence electrons. The van der Waals surface area contributed by atoms with Gasteiger partial charge in [-0.2, -0.15) is 0 Å². The molecule has 0 aliphatic heterocycles. The van der Waals surface area contributed by atoms with Gasteiger partial charge in [0.2, 0.25) is 5.78 Å². The first-order valence-electron chi connectivity index (χ1n) is 5.71. The van der Waals surface area contributed by atoms with Crippen molar-refractivity contribution in [1.82, 2.24) is 4.98 Å². The van der Waals surface area contributed by atoms with Gasteiger partial charge in [0.15, 0.2) is 0 Å². The first kappa shape index (κ1) is 12.7. The normalized spacial score (nSPS) is 10.4. The summed E-state index contributed by atoms with van der Waals surface area (Å²) in [7, 11) is 1.56. The number of aryl methyl sites for hydroxylation is 1. The Hall–Kier alpha value is -1.74. The molecule has 0 radical (unpaired) electrons. The number of hydrogen-bond acceptors (Lipinski definition) is 2. The molecule has 0 fully saturated rings. The van der Waals surface area contributed by atoms with Crippen LogP contribution in [0.5, 0.6) is 5.75 Å². The highest BCUT2D eigenvalue weighted by Crippen LogP contribution is 2.24. The maximum atomic E-state index is 12.2. The van der Waals surface area contributed by atoms with Gasteiger partial charge in [-0.15, -0.1) is 0 Å². The molecule has 2 aromatic rings. The molecule has 1 aromatic heterocycles. The van der Waals surface area contributed by atoms with Crippen molar-refractivity contribution in [3.8, 4) is 5.75 Å². The third-order valence-electron chi connectivity index (χ3n) is 2.79. The van der Waals surface area contributed by atoms with E-state index in [0.717, 1.165) is 12.1 Å². The summed E-state index contributed by atoms with van der Waals surface area (Å²) in [6.07, 6.45) is 0.865. The minimum absolute atomic E-state index is 0.109. The summed E-state index contributed by atoms with van der Waals surface area (Å²) < 4.78 is 5.05. The van der Waals surface area contributed by atoms with Crippen molar-refractivity contribution in [2.75, 3.05) is 7.11 Å². The van der Waals surface area contributed by atoms with Gasteiger partial charge in [-0.3, -0.25) is 4.79 Å². The highest BCUT2D eigenvalue weighted by atomic mass is 35.5. The smallest absolute Gasteiger partial charge is 0.210 e. The van der Waals surface area contributed by atoms with Crippen LogP contribution in [0.4, 0.5) is 0 Å². The molecule has 0 saturated heterocycles. The van der Waals surface area contributed by atoms with E-state index in [1.54, 1.807) is 31.4 Å². The average Bonchev–Trinajstić information content (AvgIpc) is 2.86. The lowest BCUT2D eigenvalue weighted by atomic mass is 10.1. The zero-order chi connectivity index (χ0) is 13.1. The van der Waals surface area contributed by atoms with E-state index in [9.17, 15) is 4.79 Å². The summed E-state index contributed by atoms with van der Waals surface area (Å²) in [6.45, 7) is 2.03. The molecule has 0 unspecified atom stereocenters. The van der Waals surface area contributed by atoms with E-state index < -0.39 is 0 Å². The summed E-state index contributed by atoms with van der Waals surface area (Å²) in [6, 6.07) is 8.73. The number of aromatic amines is 1. The molecule has 2 rings (SSSR count). The topological polar surface area (TPSA) is 42.1 Å². The summed E-state index contributed by atoms with van der Waals surface area (Å²) in [5, 5.41) is 0.395. The molecule has 1 heterocycles. The van der Waals surface area contributed by atoms with Crippen molar-refractivity contribution in [3.05, 3.63) is 52.3 Å². The molecule has 3 nitrogen and oxygen atoms in total. The van der Waals surface area contributed by atoms with E-state index >= 15 is 0 Å². The zero-order valence-corrected chi connectivity index (χ0v) is 11.0. The summed E-state index contributed by atoms with van der Waals surface area (Å²) in [5.41, 5.74) is 2.06. The predicted octanol–water partition coefficient (Wildman–Crippen LogP) is 3.47. The second kappa shape index (κ2) is 5.27. The Kier molecular flexibility index (Phi) is 3.72. The van der Waals surface area contributed by atoms with Crippen LogP contribution in [0.2, 0.25) is 5.02 Å². The van der Waals surface area contributed by atoms with Crippen LogP contribution in [0, 0.1) is 0 Å². The van der Waals surface area contributed by atoms with Crippen molar-refractivity contribution < 1.29 is 9.53 Å². The number of methoxy groups -OCH3 is 1. The summed E-state index contributed by atoms with van der Waals surface area (Å²) in [5.74, 6) is 0.527. The highest BCUT2D eigenvalue weighted by Gasteiger charge is 2.14. The molecule has 1 N–H and O–H groups in total. The number of ketones is 1. The standard InChI is InChI=1S/C14H14ClNO2/c1-3-9-4-7-13(16-9)14(17)11-6-5-10(18-2)8-12(11)15/h4-8,16H,3H2,1-2H3. The number of carbonyl (C=O) groups excluding carboxylic acids is 1. The molecule has 0 aliphatic rings. The van der Waals surface area contributed by atoms with Crippen molar-refractivity contribution in [1.29, 1.82) is 0 Å². The molecule has 0 saturated carbocycles. The van der Waals surface area contributed by atoms with E-state index in [1.807, 2.05) is 13.0 Å². The number of hydrogen-bond donors (Lipinski definition) is 1. The molecular weight excluding hydrogens is 250 g/mol. The molecule has 18 heavy (non-hydrogen) atoms. The number of aromatic nitrogens is 1. The zero-order valence-electron chi connectivity index (χ0n) is 10.3. The average molecular weight is 264 g/mol. The van der Waals surface area contributed by atoms with Crippen LogP contribution in [0.1, 0.15) is 28.7 Å². The van der Waals surface area contributed by atoms with E-state index in [1.165, 1.54) is 0 Å². The van der Waals surface area contributed by atoms with E-state index in [2.05, 4.69) is 4.98 Å². The van der Waals surface area contributed by atoms with Gasteiger partial charge in [0.1, 0.15) is 5.75 Å². The Balaban J connectivity index is 2.33. The van der Waals surface area contributed by atoms with Crippen LogP contribution in [-0.2, 0) is 6.42 Å². The Morgan fingerprint density at radius 3 is 2.67 bits per heavy atom. The molecule has 1 aromatic carbocycles. The highest BCUT2D eigenvalue weighted by molar-refractivity contribution is 6.35. The van der Waals surface area contributed by atoms with E-state index in [0.29, 0.717) is 22.0 Å². The number of rotatable bonds is 4. The minimum atomic E-state index is -0.109. The Labute approximate surface area is 111 Å². The van der Waals surface area contributed by atoms with Gasteiger partial charge in [-0.05, 0) is 36.8 Å². The molecular formula is C14H14ClNO2. The number of carbonyl (C=O) groups is 1. The Morgan fingerprint density at radius 2 is 2.11 bits per heavy atom. The number of ether oxygens (including phenoxy) is 1. The third kappa shape index (κ3) is 2.41. The van der Waals surface area contributed by atoms with E-state index in [-0.39, 0.29) is 5.78 Å². The largest absolute Gasteiger partial charge is 0.497 e. The molecule has 0 amide bonds. The predicted molar refractivity (Wildman–Crippen MR) is 71.6 cm³/mol. The molecule has 0 aliphatic carbocycles. The van der Waals surface area contributed by atoms with Crippen LogP contribution >= 0.6 is 11.6 Å². The first-order chi connectivity index (χ1) is 8.65. The fourth-order valence-electron chi connectivity index (χ4n) is 1.73. The molecule has 0 spiro atoms. The van der Waals surface area contributed by atoms with Crippen LogP contribution in [0.3, 0.4) is 0 Å². The van der Waals surface area contributed by atoms with Crippen LogP contribution < -0.4 is 4.74 Å². The fraction of sp³-hybridized carbons (Fsp3) is 0.214. The van der Waals surface area contributed by atoms with Gasteiger partial charge in [-0.1, -0.05) is 18.5 Å². The number of H-pyrrole nitrogens is 1. The number of halogens is 1. The summed E-state index contributed by atoms with van der Waals surface area (Å²) >= 11 is 6.08. The Bertz CT molecular complexity index is 575. The van der Waals surface area contributed by atoms with Crippen molar-refractivity contribution >= 4 is 17.4 Å². The van der Waals surface area contributed by atoms with E-state index in [4.69, 9.17) is 16.3 Å². The van der Waals surface area contributed by atoms with Gasteiger partial charge >= 0.3 is 0 Å². The lowest BCUT2D eigenvalue weighted by Gasteiger charge is -2.05. The number of benzene rings is 1. The molecule has 0 atom stereocenters. The quantitative estimate of drug-likeness (QED) is 0.859. The third-order valence-corrected chi connectivity index (χ3v) is 3.11. The maximum Gasteiger partial charge on any atom is 0.210 e. The Morgan fingerprint density at radius 1 is 1.33 bits per heavy atom. The summed E-state index contributed by atoms with van der Waals surface area (Å²) in [4.78, 5) is 15.3. The minimum Gasteiger partial charge on any atom is -0.497 e. The van der Waals surface area contributed by atoms with Crippen LogP contribution in [0.25, 0.3) is 0 Å². The van der Waals surface area contributed by atoms with Crippen molar-refractivity contribution in [3.63, 3.8) is 0 Å². The molecule has 0 bridgehead atoms. The van der Waals surface area contributed by atoms with Crippen molar-refractivity contribution in [2.45, 2.75) is 13.3 Å². The van der Waals surface area contributed by atoms with Gasteiger partial charge < -0.3 is 9.72 Å². The number of nitrogens with one attached hydrogen (secondary N) is 1. The lowest BCUT2D eigenvalue weighted by molar-refractivity contribution is 0.103. The second-order valence-corrected chi connectivity index (χ2v) is 4.33. The first-order valence-corrected chi connectivity index (χ1v) is 6.09. The van der Waals surface area contributed by atoms with Gasteiger partial charge in [0, 0.05) is 11.3 Å². The van der Waals surface area contributed by atoms with Gasteiger partial charge in [0.05, 0.1) is 17.8 Å². The van der Waals surface area contributed by atoms with Crippen LogP contribution in [0.15, 0.2) is 30.3 Å².